The van der Waals surface area contributed by atoms with Crippen molar-refractivity contribution in [1.29, 1.82) is 0 Å². The second kappa shape index (κ2) is 3.76. The first-order chi connectivity index (χ1) is 6.25. The fraction of sp³-hybridized carbons (Fsp3) is 0.700. The van der Waals surface area contributed by atoms with Crippen LogP contribution in [-0.2, 0) is 6.42 Å². The highest BCUT2D eigenvalue weighted by Crippen LogP contribution is 2.28. The van der Waals surface area contributed by atoms with Gasteiger partial charge in [0.25, 0.3) is 0 Å². The van der Waals surface area contributed by atoms with E-state index < -0.39 is 0 Å². The summed E-state index contributed by atoms with van der Waals surface area (Å²) >= 11 is 1.70. The van der Waals surface area contributed by atoms with E-state index in [-0.39, 0.29) is 6.10 Å². The Kier molecular flexibility index (Phi) is 2.65. The van der Waals surface area contributed by atoms with E-state index in [1.54, 1.807) is 11.3 Å². The summed E-state index contributed by atoms with van der Waals surface area (Å²) in [5.74, 6) is 0.460. The Hall–Kier alpha value is -0.410. The van der Waals surface area contributed by atoms with Gasteiger partial charge in [-0.15, -0.1) is 11.3 Å². The Bertz CT molecular complexity index is 284. The molecule has 1 fully saturated rings. The maximum absolute atomic E-state index is 9.63. The normalized spacial score (nSPS) is 28.2. The molecule has 0 radical (unpaired) electrons. The molecule has 1 heterocycles. The first-order valence-electron chi connectivity index (χ1n) is 4.85. The molecule has 1 N–H and O–H groups in total. The number of nitrogens with zero attached hydrogens (tertiary/aromatic N) is 1. The van der Waals surface area contributed by atoms with E-state index in [0.717, 1.165) is 30.0 Å². The minimum absolute atomic E-state index is 0.0815. The van der Waals surface area contributed by atoms with Gasteiger partial charge in [-0.1, -0.05) is 6.42 Å². The third-order valence-corrected chi connectivity index (χ3v) is 3.58. The second-order valence-electron chi connectivity index (χ2n) is 3.82. The summed E-state index contributed by atoms with van der Waals surface area (Å²) in [6, 6.07) is 0. The lowest BCUT2D eigenvalue weighted by molar-refractivity contribution is 0.132. The lowest BCUT2D eigenvalue weighted by atomic mass is 10.0. The standard InChI is InChI=1S/C10H15NOS/c1-7-11-9(6-13-7)5-8-3-2-4-10(8)12/h6,8,10,12H,2-5H2,1H3. The molecule has 2 nitrogen and oxygen atoms in total. The molecule has 1 aliphatic rings. The zero-order valence-electron chi connectivity index (χ0n) is 7.86. The van der Waals surface area contributed by atoms with Crippen molar-refractivity contribution < 1.29 is 5.11 Å². The topological polar surface area (TPSA) is 33.1 Å². The molecule has 0 amide bonds. The van der Waals surface area contributed by atoms with Crippen LogP contribution < -0.4 is 0 Å². The zero-order chi connectivity index (χ0) is 9.26. The Morgan fingerprint density at radius 1 is 1.62 bits per heavy atom. The number of aliphatic hydroxyl groups excluding tert-OH is 1. The van der Waals surface area contributed by atoms with E-state index in [4.69, 9.17) is 0 Å². The van der Waals surface area contributed by atoms with Crippen LogP contribution in [0.15, 0.2) is 5.38 Å². The molecule has 0 aromatic carbocycles. The van der Waals surface area contributed by atoms with E-state index in [1.807, 2.05) is 6.92 Å². The van der Waals surface area contributed by atoms with E-state index in [2.05, 4.69) is 10.4 Å². The largest absolute Gasteiger partial charge is 0.393 e. The summed E-state index contributed by atoms with van der Waals surface area (Å²) in [6.45, 7) is 2.03. The average molecular weight is 197 g/mol. The molecule has 72 valence electrons. The summed E-state index contributed by atoms with van der Waals surface area (Å²) in [7, 11) is 0. The molecule has 1 aromatic heterocycles. The number of hydrogen-bond donors (Lipinski definition) is 1. The van der Waals surface area contributed by atoms with E-state index in [1.165, 1.54) is 6.42 Å². The molecular weight excluding hydrogens is 182 g/mol. The molecule has 3 heteroatoms. The molecule has 2 rings (SSSR count). The van der Waals surface area contributed by atoms with Crippen molar-refractivity contribution in [2.24, 2.45) is 5.92 Å². The molecule has 2 atom stereocenters. The van der Waals surface area contributed by atoms with Crippen LogP contribution in [0.5, 0.6) is 0 Å². The van der Waals surface area contributed by atoms with Gasteiger partial charge in [-0.2, -0.15) is 0 Å². The second-order valence-corrected chi connectivity index (χ2v) is 4.88. The first-order valence-corrected chi connectivity index (χ1v) is 5.73. The maximum Gasteiger partial charge on any atom is 0.0897 e. The SMILES string of the molecule is Cc1nc(CC2CCCC2O)cs1. The van der Waals surface area contributed by atoms with Crippen molar-refractivity contribution in [2.45, 2.75) is 38.7 Å². The third-order valence-electron chi connectivity index (χ3n) is 2.76. The lowest BCUT2D eigenvalue weighted by Gasteiger charge is -2.11. The van der Waals surface area contributed by atoms with Crippen molar-refractivity contribution in [3.63, 3.8) is 0 Å². The van der Waals surface area contributed by atoms with Crippen molar-refractivity contribution in [3.8, 4) is 0 Å². The van der Waals surface area contributed by atoms with Gasteiger partial charge in [-0.3, -0.25) is 0 Å². The number of rotatable bonds is 2. The van der Waals surface area contributed by atoms with Gasteiger partial charge >= 0.3 is 0 Å². The van der Waals surface area contributed by atoms with Crippen LogP contribution in [0.3, 0.4) is 0 Å². The molecule has 1 aliphatic carbocycles. The highest BCUT2D eigenvalue weighted by molar-refractivity contribution is 7.09. The predicted molar refractivity (Wildman–Crippen MR) is 53.9 cm³/mol. The molecule has 0 saturated heterocycles. The van der Waals surface area contributed by atoms with E-state index >= 15 is 0 Å². The molecule has 0 spiro atoms. The lowest BCUT2D eigenvalue weighted by Crippen LogP contribution is -2.15. The van der Waals surface area contributed by atoms with Gasteiger partial charge in [0.15, 0.2) is 0 Å². The van der Waals surface area contributed by atoms with Gasteiger partial charge in [-0.05, 0) is 32.1 Å². The van der Waals surface area contributed by atoms with Gasteiger partial charge in [0.1, 0.15) is 0 Å². The van der Waals surface area contributed by atoms with Gasteiger partial charge < -0.3 is 5.11 Å². The first kappa shape index (κ1) is 9.16. The van der Waals surface area contributed by atoms with Crippen molar-refractivity contribution >= 4 is 11.3 Å². The highest BCUT2D eigenvalue weighted by Gasteiger charge is 2.25. The number of hydrogen-bond acceptors (Lipinski definition) is 3. The Balaban J connectivity index is 1.97. The summed E-state index contributed by atoms with van der Waals surface area (Å²) < 4.78 is 0. The van der Waals surface area contributed by atoms with Crippen LogP contribution in [0.25, 0.3) is 0 Å². The number of aromatic nitrogens is 1. The third kappa shape index (κ3) is 2.09. The molecule has 2 unspecified atom stereocenters. The fourth-order valence-electron chi connectivity index (χ4n) is 2.03. The monoisotopic (exact) mass is 197 g/mol. The summed E-state index contributed by atoms with van der Waals surface area (Å²) in [6.07, 6.45) is 4.20. The predicted octanol–water partition coefficient (Wildman–Crippen LogP) is 2.16. The van der Waals surface area contributed by atoms with Gasteiger partial charge in [-0.25, -0.2) is 4.98 Å². The minimum Gasteiger partial charge on any atom is -0.393 e. The molecule has 13 heavy (non-hydrogen) atoms. The molecular formula is C10H15NOS. The number of aliphatic hydroxyl groups is 1. The maximum atomic E-state index is 9.63. The highest BCUT2D eigenvalue weighted by atomic mass is 32.1. The summed E-state index contributed by atoms with van der Waals surface area (Å²) in [5, 5.41) is 12.9. The van der Waals surface area contributed by atoms with Gasteiger partial charge in [0.05, 0.1) is 16.8 Å². The quantitative estimate of drug-likeness (QED) is 0.788. The average Bonchev–Trinajstić information content (AvgIpc) is 2.64. The molecule has 1 aromatic rings. The van der Waals surface area contributed by atoms with Crippen molar-refractivity contribution in [3.05, 3.63) is 16.1 Å². The Morgan fingerprint density at radius 2 is 2.46 bits per heavy atom. The van der Waals surface area contributed by atoms with Crippen molar-refractivity contribution in [1.82, 2.24) is 4.98 Å². The zero-order valence-corrected chi connectivity index (χ0v) is 8.68. The fourth-order valence-corrected chi connectivity index (χ4v) is 2.65. The van der Waals surface area contributed by atoms with Crippen LogP contribution in [0.1, 0.15) is 30.0 Å². The van der Waals surface area contributed by atoms with Crippen LogP contribution >= 0.6 is 11.3 Å². The number of aryl methyl sites for hydroxylation is 1. The van der Waals surface area contributed by atoms with Crippen molar-refractivity contribution in [2.75, 3.05) is 0 Å². The van der Waals surface area contributed by atoms with Gasteiger partial charge in [0.2, 0.25) is 0 Å². The minimum atomic E-state index is -0.0815. The number of thiazole rings is 1. The Labute approximate surface area is 82.6 Å². The van der Waals surface area contributed by atoms with Crippen LogP contribution in [0.2, 0.25) is 0 Å². The smallest absolute Gasteiger partial charge is 0.0897 e. The van der Waals surface area contributed by atoms with E-state index in [9.17, 15) is 5.11 Å². The van der Waals surface area contributed by atoms with Crippen LogP contribution in [0, 0.1) is 12.8 Å². The van der Waals surface area contributed by atoms with E-state index in [0.29, 0.717) is 5.92 Å². The Morgan fingerprint density at radius 3 is 3.00 bits per heavy atom. The van der Waals surface area contributed by atoms with Crippen LogP contribution in [-0.4, -0.2) is 16.2 Å². The summed E-state index contributed by atoms with van der Waals surface area (Å²) in [5.41, 5.74) is 1.16. The molecule has 0 bridgehead atoms. The van der Waals surface area contributed by atoms with Crippen LogP contribution in [0.4, 0.5) is 0 Å². The van der Waals surface area contributed by atoms with Gasteiger partial charge in [0, 0.05) is 5.38 Å². The summed E-state index contributed by atoms with van der Waals surface area (Å²) in [4.78, 5) is 4.42. The molecule has 0 aliphatic heterocycles. The molecule has 1 saturated carbocycles.